The molecule has 2 aromatic rings. The first kappa shape index (κ1) is 16.7. The van der Waals surface area contributed by atoms with Gasteiger partial charge in [-0.2, -0.15) is 5.10 Å². The minimum atomic E-state index is -1.55. The van der Waals surface area contributed by atoms with Gasteiger partial charge in [0.05, 0.1) is 24.0 Å². The van der Waals surface area contributed by atoms with Crippen molar-refractivity contribution < 1.29 is 19.1 Å². The monoisotopic (exact) mass is 319 g/mol. The number of carboxylic acids is 1. The zero-order chi connectivity index (χ0) is 16.8. The highest BCUT2D eigenvalue weighted by molar-refractivity contribution is 5.97. The van der Waals surface area contributed by atoms with Crippen LogP contribution in [0.15, 0.2) is 36.5 Å². The molecule has 0 aliphatic heterocycles. The Morgan fingerprint density at radius 1 is 1.35 bits per heavy atom. The van der Waals surface area contributed by atoms with Crippen LogP contribution in [0.5, 0.6) is 0 Å². The summed E-state index contributed by atoms with van der Waals surface area (Å²) in [6.07, 6.45) is 1.93. The summed E-state index contributed by atoms with van der Waals surface area (Å²) in [7, 11) is 0. The van der Waals surface area contributed by atoms with Crippen molar-refractivity contribution in [2.45, 2.75) is 25.9 Å². The summed E-state index contributed by atoms with van der Waals surface area (Å²) in [6, 6.07) is 8.09. The molecule has 1 aromatic heterocycles. The number of alkyl halides is 1. The molecule has 0 aliphatic rings. The number of hydrogen-bond donors (Lipinski definition) is 2. The number of carbonyl (C=O) groups excluding carboxylic acids is 1. The van der Waals surface area contributed by atoms with Crippen LogP contribution in [0.2, 0.25) is 0 Å². The van der Waals surface area contributed by atoms with E-state index in [-0.39, 0.29) is 5.56 Å². The Bertz CT molecular complexity index is 685. The second-order valence-electron chi connectivity index (χ2n) is 5.02. The molecule has 1 atom stereocenters. The van der Waals surface area contributed by atoms with E-state index in [0.717, 1.165) is 5.56 Å². The first-order valence-electron chi connectivity index (χ1n) is 7.25. The van der Waals surface area contributed by atoms with E-state index in [9.17, 15) is 14.0 Å². The highest BCUT2D eigenvalue weighted by atomic mass is 19.1. The SMILES string of the molecule is CCc1c(C(=O)NC(CF)C(=O)O)cnn1Cc1ccccc1. The van der Waals surface area contributed by atoms with Crippen LogP contribution in [-0.4, -0.2) is 39.5 Å². The molecule has 0 saturated carbocycles. The third-order valence-electron chi connectivity index (χ3n) is 3.46. The zero-order valence-electron chi connectivity index (χ0n) is 12.7. The van der Waals surface area contributed by atoms with Gasteiger partial charge in [0.2, 0.25) is 0 Å². The third-order valence-corrected chi connectivity index (χ3v) is 3.46. The van der Waals surface area contributed by atoms with E-state index in [1.165, 1.54) is 6.20 Å². The minimum absolute atomic E-state index is 0.267. The van der Waals surface area contributed by atoms with Crippen LogP contribution in [0.1, 0.15) is 28.5 Å². The van der Waals surface area contributed by atoms with Gasteiger partial charge < -0.3 is 10.4 Å². The van der Waals surface area contributed by atoms with Crippen LogP contribution < -0.4 is 5.32 Å². The van der Waals surface area contributed by atoms with Gasteiger partial charge in [-0.3, -0.25) is 9.48 Å². The molecule has 1 aromatic carbocycles. The first-order chi connectivity index (χ1) is 11.1. The number of hydrogen-bond acceptors (Lipinski definition) is 3. The summed E-state index contributed by atoms with van der Waals surface area (Å²) in [5.41, 5.74) is 1.97. The standard InChI is InChI=1S/C16H18FN3O3/c1-2-14-12(15(21)19-13(8-17)16(22)23)9-18-20(14)10-11-6-4-3-5-7-11/h3-7,9,13H,2,8,10H2,1H3,(H,19,21)(H,22,23). The average molecular weight is 319 g/mol. The molecule has 0 radical (unpaired) electrons. The highest BCUT2D eigenvalue weighted by Crippen LogP contribution is 2.12. The molecule has 2 rings (SSSR count). The molecule has 2 N–H and O–H groups in total. The first-order valence-corrected chi connectivity index (χ1v) is 7.25. The molecule has 122 valence electrons. The molecule has 0 aliphatic carbocycles. The normalized spacial score (nSPS) is 11.9. The number of nitrogens with zero attached hydrogens (tertiary/aromatic N) is 2. The number of aromatic nitrogens is 2. The summed E-state index contributed by atoms with van der Waals surface area (Å²) in [6.45, 7) is 1.21. The van der Waals surface area contributed by atoms with Crippen LogP contribution in [0.25, 0.3) is 0 Å². The zero-order valence-corrected chi connectivity index (χ0v) is 12.7. The fourth-order valence-electron chi connectivity index (χ4n) is 2.27. The van der Waals surface area contributed by atoms with Gasteiger partial charge in [-0.1, -0.05) is 37.3 Å². The number of carboxylic acid groups (broad SMARTS) is 1. The summed E-state index contributed by atoms with van der Waals surface area (Å²) < 4.78 is 14.3. The number of benzene rings is 1. The lowest BCUT2D eigenvalue weighted by Crippen LogP contribution is -2.42. The molecular formula is C16H18FN3O3. The van der Waals surface area contributed by atoms with Gasteiger partial charge in [-0.05, 0) is 12.0 Å². The van der Waals surface area contributed by atoms with E-state index in [4.69, 9.17) is 5.11 Å². The van der Waals surface area contributed by atoms with Gasteiger partial charge in [-0.15, -0.1) is 0 Å². The van der Waals surface area contributed by atoms with Gasteiger partial charge in [0.15, 0.2) is 6.04 Å². The largest absolute Gasteiger partial charge is 0.480 e. The maximum absolute atomic E-state index is 12.6. The number of aliphatic carboxylic acids is 1. The molecule has 0 bridgehead atoms. The number of halogens is 1. The van der Waals surface area contributed by atoms with Crippen molar-refractivity contribution >= 4 is 11.9 Å². The van der Waals surface area contributed by atoms with Crippen LogP contribution in [0.3, 0.4) is 0 Å². The van der Waals surface area contributed by atoms with E-state index in [2.05, 4.69) is 10.4 Å². The molecule has 0 saturated heterocycles. The highest BCUT2D eigenvalue weighted by Gasteiger charge is 2.23. The number of carbonyl (C=O) groups is 2. The molecule has 1 heterocycles. The van der Waals surface area contributed by atoms with Gasteiger partial charge in [0.1, 0.15) is 6.67 Å². The number of nitrogens with one attached hydrogen (secondary N) is 1. The topological polar surface area (TPSA) is 84.2 Å². The molecule has 1 unspecified atom stereocenters. The second kappa shape index (κ2) is 7.53. The average Bonchev–Trinajstić information content (AvgIpc) is 2.95. The molecule has 6 nitrogen and oxygen atoms in total. The Balaban J connectivity index is 2.20. The Hall–Kier alpha value is -2.70. The van der Waals surface area contributed by atoms with Crippen molar-refractivity contribution in [3.05, 3.63) is 53.3 Å². The van der Waals surface area contributed by atoms with E-state index in [1.807, 2.05) is 37.3 Å². The molecule has 0 fully saturated rings. The van der Waals surface area contributed by atoms with Crippen LogP contribution in [0.4, 0.5) is 4.39 Å². The van der Waals surface area contributed by atoms with Crippen molar-refractivity contribution in [2.75, 3.05) is 6.67 Å². The maximum atomic E-state index is 12.6. The number of rotatable bonds is 7. The third kappa shape index (κ3) is 3.94. The van der Waals surface area contributed by atoms with Gasteiger partial charge in [-0.25, -0.2) is 9.18 Å². The van der Waals surface area contributed by atoms with Gasteiger partial charge >= 0.3 is 5.97 Å². The minimum Gasteiger partial charge on any atom is -0.480 e. The summed E-state index contributed by atoms with van der Waals surface area (Å²) >= 11 is 0. The Morgan fingerprint density at radius 3 is 2.61 bits per heavy atom. The summed E-state index contributed by atoms with van der Waals surface area (Å²) in [5, 5.41) is 15.2. The van der Waals surface area contributed by atoms with Gasteiger partial charge in [0.25, 0.3) is 5.91 Å². The fourth-order valence-corrected chi connectivity index (χ4v) is 2.27. The summed E-state index contributed by atoms with van der Waals surface area (Å²) in [5.74, 6) is -2.04. The lowest BCUT2D eigenvalue weighted by atomic mass is 10.1. The van der Waals surface area contributed by atoms with E-state index >= 15 is 0 Å². The van der Waals surface area contributed by atoms with E-state index in [1.54, 1.807) is 4.68 Å². The van der Waals surface area contributed by atoms with Crippen molar-refractivity contribution in [1.29, 1.82) is 0 Å². The molecular weight excluding hydrogens is 301 g/mol. The maximum Gasteiger partial charge on any atom is 0.328 e. The molecule has 7 heteroatoms. The Labute approximate surface area is 132 Å². The van der Waals surface area contributed by atoms with Crippen molar-refractivity contribution in [2.24, 2.45) is 0 Å². The van der Waals surface area contributed by atoms with Gasteiger partial charge in [0, 0.05) is 0 Å². The van der Waals surface area contributed by atoms with Crippen molar-refractivity contribution in [3.8, 4) is 0 Å². The Morgan fingerprint density at radius 2 is 2.04 bits per heavy atom. The van der Waals surface area contributed by atoms with E-state index < -0.39 is 24.6 Å². The Kier molecular flexibility index (Phi) is 5.46. The lowest BCUT2D eigenvalue weighted by molar-refractivity contribution is -0.139. The molecule has 23 heavy (non-hydrogen) atoms. The smallest absolute Gasteiger partial charge is 0.328 e. The quantitative estimate of drug-likeness (QED) is 0.812. The summed E-state index contributed by atoms with van der Waals surface area (Å²) in [4.78, 5) is 23.0. The van der Waals surface area contributed by atoms with Crippen molar-refractivity contribution in [1.82, 2.24) is 15.1 Å². The lowest BCUT2D eigenvalue weighted by Gasteiger charge is -2.11. The second-order valence-corrected chi connectivity index (χ2v) is 5.02. The van der Waals surface area contributed by atoms with Crippen LogP contribution in [-0.2, 0) is 17.8 Å². The molecule has 1 amide bonds. The predicted molar refractivity (Wildman–Crippen MR) is 82.0 cm³/mol. The van der Waals surface area contributed by atoms with E-state index in [0.29, 0.717) is 18.7 Å². The van der Waals surface area contributed by atoms with Crippen molar-refractivity contribution in [3.63, 3.8) is 0 Å². The van der Waals surface area contributed by atoms with Crippen LogP contribution in [0, 0.1) is 0 Å². The molecule has 0 spiro atoms. The fraction of sp³-hybridized carbons (Fsp3) is 0.312. The number of amides is 1. The van der Waals surface area contributed by atoms with Crippen LogP contribution >= 0.6 is 0 Å². The predicted octanol–water partition coefficient (Wildman–Crippen LogP) is 1.65.